The van der Waals surface area contributed by atoms with Crippen molar-refractivity contribution in [2.75, 3.05) is 25.0 Å². The molecule has 6 nitrogen and oxygen atoms in total. The van der Waals surface area contributed by atoms with Gasteiger partial charge in [-0.05, 0) is 19.1 Å². The van der Waals surface area contributed by atoms with Gasteiger partial charge in [-0.3, -0.25) is 4.79 Å². The number of anilines is 1. The summed E-state index contributed by atoms with van der Waals surface area (Å²) in [5, 5.41) is 3.88. The van der Waals surface area contributed by atoms with Crippen molar-refractivity contribution < 1.29 is 22.7 Å². The number of rotatable bonds is 4. The number of nitrogens with zero attached hydrogens (tertiary/aromatic N) is 3. The Morgan fingerprint density at radius 2 is 2.00 bits per heavy atom. The molecule has 3 aromatic heterocycles. The topological polar surface area (TPSA) is 67.4 Å². The van der Waals surface area contributed by atoms with Crippen LogP contribution in [0.25, 0.3) is 10.2 Å². The normalized spacial score (nSPS) is 15.3. The molecular formula is C21H21F3N4O2S. The number of halogens is 3. The Morgan fingerprint density at radius 3 is 2.65 bits per heavy atom. The van der Waals surface area contributed by atoms with Gasteiger partial charge >= 0.3 is 6.18 Å². The largest absolute Gasteiger partial charge is 0.474 e. The molecule has 1 fully saturated rings. The molecule has 1 aliphatic heterocycles. The highest BCUT2D eigenvalue weighted by Crippen LogP contribution is 2.40. The van der Waals surface area contributed by atoms with Crippen molar-refractivity contribution in [2.45, 2.75) is 32.0 Å². The molecule has 3 aromatic rings. The molecule has 0 saturated carbocycles. The number of fused-ring (bicyclic) bond motifs is 1. The van der Waals surface area contributed by atoms with Crippen LogP contribution >= 0.6 is 11.3 Å². The zero-order chi connectivity index (χ0) is 22.2. The van der Waals surface area contributed by atoms with Crippen LogP contribution in [-0.2, 0) is 6.18 Å². The minimum absolute atomic E-state index is 0.0291. The van der Waals surface area contributed by atoms with Crippen LogP contribution in [0.15, 0.2) is 29.6 Å². The van der Waals surface area contributed by atoms with Gasteiger partial charge in [0.1, 0.15) is 11.9 Å². The highest BCUT2D eigenvalue weighted by molar-refractivity contribution is 7.17. The molecule has 0 spiro atoms. The van der Waals surface area contributed by atoms with E-state index in [0.717, 1.165) is 23.1 Å². The zero-order valence-electron chi connectivity index (χ0n) is 17.0. The minimum atomic E-state index is -4.54. The second-order valence-corrected chi connectivity index (χ2v) is 8.23. The molecule has 0 aliphatic carbocycles. The van der Waals surface area contributed by atoms with Gasteiger partial charge in [0.2, 0.25) is 5.88 Å². The Balaban J connectivity index is 1.59. The fourth-order valence-corrected chi connectivity index (χ4v) is 4.64. The van der Waals surface area contributed by atoms with Crippen molar-refractivity contribution in [1.29, 1.82) is 0 Å². The van der Waals surface area contributed by atoms with Gasteiger partial charge in [0.25, 0.3) is 5.91 Å². The second kappa shape index (κ2) is 8.33. The maximum Gasteiger partial charge on any atom is 0.417 e. The van der Waals surface area contributed by atoms with E-state index in [-0.39, 0.29) is 27.7 Å². The molecule has 4 heterocycles. The lowest BCUT2D eigenvalue weighted by Gasteiger charge is -2.33. The lowest BCUT2D eigenvalue weighted by atomic mass is 10.1. The van der Waals surface area contributed by atoms with Crippen LogP contribution < -0.4 is 15.0 Å². The molecule has 4 rings (SSSR count). The van der Waals surface area contributed by atoms with E-state index in [0.29, 0.717) is 31.8 Å². The standard InChI is InChI=1S/C21H21F3N4O2S/c1-12-4-3-5-17(26-12)30-13-6-8-28(9-7-13)16-10-15(21(22,23)24)19-18(27-16)14(11-31-19)20(29)25-2/h3-5,10-11,13H,6-9H2,1-2H3,(H,25,29). The third kappa shape index (κ3) is 4.43. The number of nitrogens with one attached hydrogen (secondary N) is 1. The van der Waals surface area contributed by atoms with Gasteiger partial charge in [-0.1, -0.05) is 6.07 Å². The number of aromatic nitrogens is 2. The SMILES string of the molecule is CNC(=O)c1csc2c(C(F)(F)F)cc(N3CCC(Oc4cccc(C)n4)CC3)nc12. The predicted octanol–water partition coefficient (Wildman–Crippen LogP) is 4.43. The molecular weight excluding hydrogens is 429 g/mol. The number of alkyl halides is 3. The Bertz CT molecular complexity index is 1110. The molecule has 0 bridgehead atoms. The van der Waals surface area contributed by atoms with Gasteiger partial charge in [0.15, 0.2) is 0 Å². The summed E-state index contributed by atoms with van der Waals surface area (Å²) in [6.45, 7) is 2.87. The Kier molecular flexibility index (Phi) is 5.74. The molecule has 1 amide bonds. The molecule has 0 aromatic carbocycles. The molecule has 10 heteroatoms. The van der Waals surface area contributed by atoms with Crippen molar-refractivity contribution in [3.05, 3.63) is 46.5 Å². The average molecular weight is 450 g/mol. The fourth-order valence-electron chi connectivity index (χ4n) is 3.62. The number of ether oxygens (including phenoxy) is 1. The number of carbonyl (C=O) groups is 1. The monoisotopic (exact) mass is 450 g/mol. The van der Waals surface area contributed by atoms with Gasteiger partial charge in [-0.2, -0.15) is 13.2 Å². The van der Waals surface area contributed by atoms with Gasteiger partial charge < -0.3 is 15.0 Å². The van der Waals surface area contributed by atoms with Crippen LogP contribution in [0.1, 0.15) is 34.5 Å². The summed E-state index contributed by atoms with van der Waals surface area (Å²) >= 11 is 0.880. The van der Waals surface area contributed by atoms with Crippen LogP contribution in [0.3, 0.4) is 0 Å². The molecule has 31 heavy (non-hydrogen) atoms. The van der Waals surface area contributed by atoms with E-state index in [2.05, 4.69) is 15.3 Å². The maximum atomic E-state index is 13.7. The molecule has 0 atom stereocenters. The molecule has 164 valence electrons. The molecule has 1 aliphatic rings. The van der Waals surface area contributed by atoms with Crippen molar-refractivity contribution >= 4 is 33.3 Å². The molecule has 1 saturated heterocycles. The van der Waals surface area contributed by atoms with Crippen LogP contribution in [0.5, 0.6) is 5.88 Å². The third-order valence-corrected chi connectivity index (χ3v) is 6.21. The fraction of sp³-hybridized carbons (Fsp3) is 0.381. The maximum absolute atomic E-state index is 13.7. The first kappa shape index (κ1) is 21.4. The van der Waals surface area contributed by atoms with Crippen LogP contribution in [0, 0.1) is 6.92 Å². The lowest BCUT2D eigenvalue weighted by Crippen LogP contribution is -2.39. The quantitative estimate of drug-likeness (QED) is 0.637. The highest BCUT2D eigenvalue weighted by Gasteiger charge is 2.36. The Hall–Kier alpha value is -2.88. The van der Waals surface area contributed by atoms with E-state index >= 15 is 0 Å². The molecule has 0 radical (unpaired) electrons. The van der Waals surface area contributed by atoms with E-state index in [1.54, 1.807) is 6.07 Å². The predicted molar refractivity (Wildman–Crippen MR) is 113 cm³/mol. The highest BCUT2D eigenvalue weighted by atomic mass is 32.1. The smallest absolute Gasteiger partial charge is 0.417 e. The van der Waals surface area contributed by atoms with Crippen LogP contribution in [-0.4, -0.2) is 42.1 Å². The van der Waals surface area contributed by atoms with Crippen LogP contribution in [0.4, 0.5) is 19.0 Å². The van der Waals surface area contributed by atoms with Gasteiger partial charge in [0.05, 0.1) is 21.3 Å². The summed E-state index contributed by atoms with van der Waals surface area (Å²) < 4.78 is 47.1. The first-order valence-electron chi connectivity index (χ1n) is 9.83. The van der Waals surface area contributed by atoms with Gasteiger partial charge in [-0.15, -0.1) is 11.3 Å². The van der Waals surface area contributed by atoms with E-state index < -0.39 is 17.6 Å². The average Bonchev–Trinajstić information content (AvgIpc) is 3.16. The summed E-state index contributed by atoms with van der Waals surface area (Å²) in [4.78, 5) is 22.7. The number of aryl methyl sites for hydroxylation is 1. The van der Waals surface area contributed by atoms with Crippen molar-refractivity contribution in [1.82, 2.24) is 15.3 Å². The third-order valence-electron chi connectivity index (χ3n) is 5.20. The zero-order valence-corrected chi connectivity index (χ0v) is 17.8. The number of hydrogen-bond donors (Lipinski definition) is 1. The van der Waals surface area contributed by atoms with Gasteiger partial charge in [-0.25, -0.2) is 9.97 Å². The minimum Gasteiger partial charge on any atom is -0.474 e. The summed E-state index contributed by atoms with van der Waals surface area (Å²) in [7, 11) is 1.44. The molecule has 1 N–H and O–H groups in total. The van der Waals surface area contributed by atoms with E-state index in [1.165, 1.54) is 12.4 Å². The molecule has 0 unspecified atom stereocenters. The van der Waals surface area contributed by atoms with Gasteiger partial charge in [0, 0.05) is 50.1 Å². The Morgan fingerprint density at radius 1 is 1.26 bits per heavy atom. The number of pyridine rings is 2. The van der Waals surface area contributed by atoms with Crippen molar-refractivity contribution in [3.8, 4) is 5.88 Å². The summed E-state index contributed by atoms with van der Waals surface area (Å²) in [5.41, 5.74) is 0.319. The van der Waals surface area contributed by atoms with Crippen LogP contribution in [0.2, 0.25) is 0 Å². The summed E-state index contributed by atoms with van der Waals surface area (Å²) in [6.07, 6.45) is -3.36. The van der Waals surface area contributed by atoms with E-state index in [9.17, 15) is 18.0 Å². The number of piperidine rings is 1. The summed E-state index contributed by atoms with van der Waals surface area (Å²) in [5.74, 6) is 0.308. The first-order valence-corrected chi connectivity index (χ1v) is 10.7. The van der Waals surface area contributed by atoms with Crippen molar-refractivity contribution in [3.63, 3.8) is 0 Å². The number of hydrogen-bond acceptors (Lipinski definition) is 6. The first-order chi connectivity index (χ1) is 14.8. The lowest BCUT2D eigenvalue weighted by molar-refractivity contribution is -0.136. The van der Waals surface area contributed by atoms with E-state index in [4.69, 9.17) is 4.74 Å². The second-order valence-electron chi connectivity index (χ2n) is 7.35. The number of amides is 1. The number of carbonyl (C=O) groups excluding carboxylic acids is 1. The summed E-state index contributed by atoms with van der Waals surface area (Å²) in [6, 6.07) is 6.62. The Labute approximate surface area is 181 Å². The van der Waals surface area contributed by atoms with Crippen molar-refractivity contribution in [2.24, 2.45) is 0 Å². The number of thiophene rings is 1. The van der Waals surface area contributed by atoms with E-state index in [1.807, 2.05) is 24.0 Å².